The lowest BCUT2D eigenvalue weighted by atomic mass is 10.0. The molecule has 0 unspecified atom stereocenters. The third-order valence-corrected chi connectivity index (χ3v) is 4.10. The molecule has 0 spiro atoms. The Morgan fingerprint density at radius 2 is 1.76 bits per heavy atom. The SMILES string of the molecule is COc1ccc(-c2nc3nc(C)ccn3c2-c2cccc(F)c2)cc1. The molecule has 2 aromatic heterocycles. The monoisotopic (exact) mass is 333 g/mol. The molecule has 0 aliphatic heterocycles. The molecule has 25 heavy (non-hydrogen) atoms. The van der Waals surface area contributed by atoms with Crippen LogP contribution in [0, 0.1) is 12.7 Å². The van der Waals surface area contributed by atoms with E-state index in [4.69, 9.17) is 9.72 Å². The van der Waals surface area contributed by atoms with Gasteiger partial charge in [-0.25, -0.2) is 14.4 Å². The van der Waals surface area contributed by atoms with Crippen LogP contribution >= 0.6 is 0 Å². The highest BCUT2D eigenvalue weighted by Gasteiger charge is 2.17. The summed E-state index contributed by atoms with van der Waals surface area (Å²) < 4.78 is 20.9. The summed E-state index contributed by atoms with van der Waals surface area (Å²) in [6.07, 6.45) is 1.91. The van der Waals surface area contributed by atoms with Gasteiger partial charge in [-0.1, -0.05) is 12.1 Å². The Labute approximate surface area is 144 Å². The number of imidazole rings is 1. The van der Waals surface area contributed by atoms with Crippen molar-refractivity contribution in [2.24, 2.45) is 0 Å². The van der Waals surface area contributed by atoms with E-state index in [1.807, 2.05) is 53.9 Å². The zero-order chi connectivity index (χ0) is 17.4. The third kappa shape index (κ3) is 2.74. The van der Waals surface area contributed by atoms with Crippen molar-refractivity contribution < 1.29 is 9.13 Å². The average molecular weight is 333 g/mol. The second kappa shape index (κ2) is 6.02. The van der Waals surface area contributed by atoms with Crippen molar-refractivity contribution in [3.8, 4) is 28.3 Å². The Morgan fingerprint density at radius 1 is 0.960 bits per heavy atom. The van der Waals surface area contributed by atoms with E-state index in [1.165, 1.54) is 12.1 Å². The van der Waals surface area contributed by atoms with E-state index in [-0.39, 0.29) is 5.82 Å². The van der Waals surface area contributed by atoms with Crippen LogP contribution in [-0.2, 0) is 0 Å². The Bertz CT molecular complexity index is 1050. The second-order valence-electron chi connectivity index (χ2n) is 5.79. The number of ether oxygens (including phenoxy) is 1. The Morgan fingerprint density at radius 3 is 2.48 bits per heavy atom. The van der Waals surface area contributed by atoms with Gasteiger partial charge in [-0.3, -0.25) is 4.40 Å². The highest BCUT2D eigenvalue weighted by Crippen LogP contribution is 2.33. The summed E-state index contributed by atoms with van der Waals surface area (Å²) in [7, 11) is 1.63. The van der Waals surface area contributed by atoms with Crippen LogP contribution in [0.3, 0.4) is 0 Å². The van der Waals surface area contributed by atoms with E-state index < -0.39 is 0 Å². The first-order valence-corrected chi connectivity index (χ1v) is 7.92. The van der Waals surface area contributed by atoms with Gasteiger partial charge in [0.2, 0.25) is 5.78 Å². The zero-order valence-electron chi connectivity index (χ0n) is 13.9. The van der Waals surface area contributed by atoms with Gasteiger partial charge in [0.05, 0.1) is 18.5 Å². The van der Waals surface area contributed by atoms with Gasteiger partial charge in [-0.05, 0) is 49.4 Å². The summed E-state index contributed by atoms with van der Waals surface area (Å²) in [4.78, 5) is 9.19. The van der Waals surface area contributed by atoms with Crippen molar-refractivity contribution in [1.29, 1.82) is 0 Å². The number of halogens is 1. The molecule has 0 saturated carbocycles. The molecule has 0 aliphatic rings. The van der Waals surface area contributed by atoms with Gasteiger partial charge in [0.25, 0.3) is 0 Å². The van der Waals surface area contributed by atoms with Crippen LogP contribution in [0.1, 0.15) is 5.69 Å². The van der Waals surface area contributed by atoms with E-state index in [1.54, 1.807) is 13.2 Å². The summed E-state index contributed by atoms with van der Waals surface area (Å²) in [5.41, 5.74) is 4.12. The fourth-order valence-electron chi connectivity index (χ4n) is 2.88. The highest BCUT2D eigenvalue weighted by molar-refractivity contribution is 5.81. The predicted octanol–water partition coefficient (Wildman–Crippen LogP) is 4.52. The third-order valence-electron chi connectivity index (χ3n) is 4.10. The summed E-state index contributed by atoms with van der Waals surface area (Å²) in [6, 6.07) is 16.1. The molecule has 124 valence electrons. The van der Waals surface area contributed by atoms with Crippen LogP contribution in [0.5, 0.6) is 5.75 Å². The Hall–Kier alpha value is -3.21. The van der Waals surface area contributed by atoms with Crippen LogP contribution in [0.4, 0.5) is 4.39 Å². The van der Waals surface area contributed by atoms with Gasteiger partial charge in [0.15, 0.2) is 0 Å². The van der Waals surface area contributed by atoms with E-state index in [0.717, 1.165) is 34.0 Å². The van der Waals surface area contributed by atoms with Crippen LogP contribution in [0.15, 0.2) is 60.8 Å². The molecule has 4 aromatic rings. The number of hydrogen-bond acceptors (Lipinski definition) is 3. The molecule has 4 rings (SSSR count). The molecule has 2 aromatic carbocycles. The molecule has 0 bridgehead atoms. The first kappa shape index (κ1) is 15.3. The predicted molar refractivity (Wildman–Crippen MR) is 95.1 cm³/mol. The topological polar surface area (TPSA) is 39.4 Å². The number of hydrogen-bond donors (Lipinski definition) is 0. The first-order chi connectivity index (χ1) is 12.2. The fourth-order valence-corrected chi connectivity index (χ4v) is 2.88. The maximum atomic E-state index is 13.8. The minimum absolute atomic E-state index is 0.284. The maximum absolute atomic E-state index is 13.8. The number of fused-ring (bicyclic) bond motifs is 1. The summed E-state index contributed by atoms with van der Waals surface area (Å²) in [5, 5.41) is 0. The summed E-state index contributed by atoms with van der Waals surface area (Å²) in [5.74, 6) is 1.08. The van der Waals surface area contributed by atoms with Gasteiger partial charge in [0.1, 0.15) is 11.6 Å². The van der Waals surface area contributed by atoms with Crippen LogP contribution in [0.25, 0.3) is 28.3 Å². The number of methoxy groups -OCH3 is 1. The molecule has 4 nitrogen and oxygen atoms in total. The van der Waals surface area contributed by atoms with Crippen molar-refractivity contribution in [3.05, 3.63) is 72.3 Å². The van der Waals surface area contributed by atoms with Crippen LogP contribution in [-0.4, -0.2) is 21.5 Å². The van der Waals surface area contributed by atoms with Crippen molar-refractivity contribution in [2.45, 2.75) is 6.92 Å². The molecule has 0 aliphatic carbocycles. The molecule has 0 N–H and O–H groups in total. The van der Waals surface area contributed by atoms with E-state index in [0.29, 0.717) is 5.78 Å². The molecule has 5 heteroatoms. The van der Waals surface area contributed by atoms with Crippen molar-refractivity contribution in [2.75, 3.05) is 7.11 Å². The number of rotatable bonds is 3. The lowest BCUT2D eigenvalue weighted by Gasteiger charge is -2.07. The second-order valence-corrected chi connectivity index (χ2v) is 5.79. The van der Waals surface area contributed by atoms with E-state index in [2.05, 4.69) is 4.98 Å². The minimum Gasteiger partial charge on any atom is -0.497 e. The van der Waals surface area contributed by atoms with Crippen molar-refractivity contribution >= 4 is 5.78 Å². The van der Waals surface area contributed by atoms with Gasteiger partial charge >= 0.3 is 0 Å². The molecular weight excluding hydrogens is 317 g/mol. The zero-order valence-corrected chi connectivity index (χ0v) is 13.9. The quantitative estimate of drug-likeness (QED) is 0.553. The number of benzene rings is 2. The standard InChI is InChI=1S/C20H16FN3O/c1-13-10-11-24-19(15-4-3-5-16(21)12-15)18(23-20(24)22-13)14-6-8-17(25-2)9-7-14/h3-12H,1-2H3. The number of aromatic nitrogens is 3. The lowest BCUT2D eigenvalue weighted by Crippen LogP contribution is -1.93. The fraction of sp³-hybridized carbons (Fsp3) is 0.100. The minimum atomic E-state index is -0.284. The largest absolute Gasteiger partial charge is 0.497 e. The van der Waals surface area contributed by atoms with Crippen LogP contribution in [0.2, 0.25) is 0 Å². The average Bonchev–Trinajstić information content (AvgIpc) is 3.00. The van der Waals surface area contributed by atoms with Gasteiger partial charge in [-0.2, -0.15) is 0 Å². The van der Waals surface area contributed by atoms with Gasteiger partial charge in [-0.15, -0.1) is 0 Å². The number of aryl methyl sites for hydroxylation is 1. The molecular formula is C20H16FN3O. The molecule has 0 amide bonds. The first-order valence-electron chi connectivity index (χ1n) is 7.92. The Balaban J connectivity index is 2.00. The smallest absolute Gasteiger partial charge is 0.235 e. The maximum Gasteiger partial charge on any atom is 0.235 e. The normalized spacial score (nSPS) is 11.0. The van der Waals surface area contributed by atoms with E-state index >= 15 is 0 Å². The molecule has 0 saturated heterocycles. The number of nitrogens with zero attached hydrogens (tertiary/aromatic N) is 3. The lowest BCUT2D eigenvalue weighted by molar-refractivity contribution is 0.415. The molecule has 0 radical (unpaired) electrons. The van der Waals surface area contributed by atoms with Crippen molar-refractivity contribution in [1.82, 2.24) is 14.4 Å². The summed E-state index contributed by atoms with van der Waals surface area (Å²) in [6.45, 7) is 1.92. The molecule has 0 atom stereocenters. The molecule has 0 fully saturated rings. The van der Waals surface area contributed by atoms with E-state index in [9.17, 15) is 4.39 Å². The Kier molecular flexibility index (Phi) is 3.69. The highest BCUT2D eigenvalue weighted by atomic mass is 19.1. The van der Waals surface area contributed by atoms with Crippen molar-refractivity contribution in [3.63, 3.8) is 0 Å². The van der Waals surface area contributed by atoms with Gasteiger partial charge in [0, 0.05) is 23.0 Å². The summed E-state index contributed by atoms with van der Waals surface area (Å²) >= 11 is 0. The van der Waals surface area contributed by atoms with Gasteiger partial charge < -0.3 is 4.74 Å². The van der Waals surface area contributed by atoms with Crippen LogP contribution < -0.4 is 4.74 Å². The molecule has 2 heterocycles.